The molecule has 3 aromatic rings. The van der Waals surface area contributed by atoms with Gasteiger partial charge < -0.3 is 20.6 Å². The summed E-state index contributed by atoms with van der Waals surface area (Å²) in [5.41, 5.74) is 6.07. The van der Waals surface area contributed by atoms with E-state index in [1.807, 2.05) is 36.4 Å². The van der Waals surface area contributed by atoms with Crippen LogP contribution in [0.5, 0.6) is 0 Å². The number of guanidine groups is 1. The van der Waals surface area contributed by atoms with Crippen LogP contribution in [0.4, 0.5) is 5.69 Å². The van der Waals surface area contributed by atoms with E-state index in [0.717, 1.165) is 92.2 Å². The Hall–Kier alpha value is -4.29. The molecule has 0 bridgehead atoms. The third-order valence-corrected chi connectivity index (χ3v) is 8.30. The number of aliphatic hydroxyl groups is 1. The Balaban J connectivity index is 1.33. The molecule has 8 heteroatoms. The summed E-state index contributed by atoms with van der Waals surface area (Å²) in [7, 11) is 2.19. The van der Waals surface area contributed by atoms with Crippen molar-refractivity contribution in [2.75, 3.05) is 38.5 Å². The number of aliphatic imine (C=N–C) groups is 2. The third-order valence-electron chi connectivity index (χ3n) is 8.30. The third kappa shape index (κ3) is 9.10. The molecule has 1 aromatic heterocycles. The molecule has 0 spiro atoms. The summed E-state index contributed by atoms with van der Waals surface area (Å²) in [4.78, 5) is 18.2. The SMILES string of the molecule is C=N/C(=N\C(NC1CCC(O)CC1)=C(/C)c1ccc(CN2CCN(C)CC2)cc1)Nc1ccc(C#Cc2cccnc2)cc1. The number of benzene rings is 2. The smallest absolute Gasteiger partial charge is 0.228 e. The number of nitrogens with zero attached hydrogens (tertiary/aromatic N) is 5. The molecule has 0 amide bonds. The van der Waals surface area contributed by atoms with E-state index in [-0.39, 0.29) is 12.1 Å². The van der Waals surface area contributed by atoms with Crippen LogP contribution in [0.3, 0.4) is 0 Å². The van der Waals surface area contributed by atoms with Gasteiger partial charge in [-0.25, -0.2) is 4.99 Å². The minimum Gasteiger partial charge on any atom is -0.393 e. The highest BCUT2D eigenvalue weighted by Gasteiger charge is 2.21. The normalized spacial score (nSPS) is 20.2. The first-order valence-corrected chi connectivity index (χ1v) is 15.5. The van der Waals surface area contributed by atoms with Crippen molar-refractivity contribution in [3.05, 3.63) is 101 Å². The Morgan fingerprint density at radius 3 is 2.32 bits per heavy atom. The minimum absolute atomic E-state index is 0.220. The molecule has 2 heterocycles. The second-order valence-corrected chi connectivity index (χ2v) is 11.7. The first-order valence-electron chi connectivity index (χ1n) is 15.5. The fourth-order valence-corrected chi connectivity index (χ4v) is 5.45. The van der Waals surface area contributed by atoms with Crippen LogP contribution in [-0.2, 0) is 6.54 Å². The van der Waals surface area contributed by atoms with Gasteiger partial charge in [-0.05, 0) is 99.5 Å². The van der Waals surface area contributed by atoms with Crippen molar-refractivity contribution in [3.8, 4) is 11.8 Å². The summed E-state index contributed by atoms with van der Waals surface area (Å²) >= 11 is 0. The van der Waals surface area contributed by atoms with Crippen molar-refractivity contribution in [1.29, 1.82) is 0 Å². The highest BCUT2D eigenvalue weighted by atomic mass is 16.3. The van der Waals surface area contributed by atoms with Crippen molar-refractivity contribution in [3.63, 3.8) is 0 Å². The quantitative estimate of drug-likeness (QED) is 0.205. The molecule has 0 radical (unpaired) electrons. The van der Waals surface area contributed by atoms with Crippen LogP contribution < -0.4 is 10.6 Å². The van der Waals surface area contributed by atoms with Gasteiger partial charge in [-0.3, -0.25) is 9.88 Å². The Morgan fingerprint density at radius 1 is 0.955 bits per heavy atom. The molecule has 2 aromatic carbocycles. The molecule has 2 fully saturated rings. The van der Waals surface area contributed by atoms with E-state index >= 15 is 0 Å². The zero-order valence-corrected chi connectivity index (χ0v) is 25.8. The molecule has 2 aliphatic rings. The van der Waals surface area contributed by atoms with E-state index < -0.39 is 0 Å². The number of piperazine rings is 1. The molecule has 0 atom stereocenters. The molecule has 3 N–H and O–H groups in total. The fraction of sp³-hybridized carbons (Fsp3) is 0.361. The summed E-state index contributed by atoms with van der Waals surface area (Å²) in [6.45, 7) is 11.3. The maximum absolute atomic E-state index is 10.0. The van der Waals surface area contributed by atoms with Gasteiger partial charge in [0.25, 0.3) is 0 Å². The van der Waals surface area contributed by atoms with Crippen LogP contribution >= 0.6 is 0 Å². The maximum atomic E-state index is 10.0. The average molecular weight is 590 g/mol. The fourth-order valence-electron chi connectivity index (χ4n) is 5.45. The van der Waals surface area contributed by atoms with Crippen LogP contribution in [-0.4, -0.2) is 77.9 Å². The van der Waals surface area contributed by atoms with Gasteiger partial charge in [0.2, 0.25) is 5.96 Å². The van der Waals surface area contributed by atoms with Crippen molar-refractivity contribution in [2.45, 2.75) is 51.3 Å². The lowest BCUT2D eigenvalue weighted by atomic mass is 9.93. The van der Waals surface area contributed by atoms with Crippen molar-refractivity contribution in [1.82, 2.24) is 20.1 Å². The molecule has 5 rings (SSSR count). The maximum Gasteiger partial charge on any atom is 0.228 e. The number of hydrogen-bond acceptors (Lipinski definition) is 6. The standard InChI is InChI=1S/C36H43N7O/c1-27(31-12-8-30(9-13-31)26-43-23-21-42(3)22-24-43)35(39-32-16-18-34(44)19-17-32)41-36(37-2)40-33-14-10-28(11-15-33)6-7-29-5-4-20-38-25-29/h4-5,8-15,20,25,32,34,39,44H,2,16-19,21-24,26H2,1,3H3,(H,40,41)/b35-27+. The largest absolute Gasteiger partial charge is 0.393 e. The predicted molar refractivity (Wildman–Crippen MR) is 180 cm³/mol. The average Bonchev–Trinajstić information content (AvgIpc) is 3.06. The zero-order valence-electron chi connectivity index (χ0n) is 25.8. The highest BCUT2D eigenvalue weighted by Crippen LogP contribution is 2.24. The number of hydrogen-bond donors (Lipinski definition) is 3. The number of aromatic nitrogens is 1. The first-order chi connectivity index (χ1) is 21.4. The number of pyridine rings is 1. The monoisotopic (exact) mass is 589 g/mol. The predicted octanol–water partition coefficient (Wildman–Crippen LogP) is 4.98. The van der Waals surface area contributed by atoms with Crippen LogP contribution in [0.25, 0.3) is 5.57 Å². The van der Waals surface area contributed by atoms with Gasteiger partial charge >= 0.3 is 0 Å². The lowest BCUT2D eigenvalue weighted by Gasteiger charge is -2.32. The van der Waals surface area contributed by atoms with E-state index in [1.54, 1.807) is 12.4 Å². The van der Waals surface area contributed by atoms with Crippen LogP contribution in [0.1, 0.15) is 54.9 Å². The lowest BCUT2D eigenvalue weighted by Crippen LogP contribution is -2.43. The van der Waals surface area contributed by atoms with E-state index in [1.165, 1.54) is 5.56 Å². The molecule has 1 aliphatic heterocycles. The van der Waals surface area contributed by atoms with Crippen LogP contribution in [0.15, 0.2) is 88.9 Å². The summed E-state index contributed by atoms with van der Waals surface area (Å²) in [6.07, 6.45) is 6.63. The Labute approximate surface area is 261 Å². The molecule has 1 aliphatic carbocycles. The van der Waals surface area contributed by atoms with E-state index in [4.69, 9.17) is 4.99 Å². The number of likely N-dealkylation sites (N-methyl/N-ethyl adjacent to an activating group) is 1. The Bertz CT molecular complexity index is 1490. The topological polar surface area (TPSA) is 88.4 Å². The van der Waals surface area contributed by atoms with Crippen LogP contribution in [0.2, 0.25) is 0 Å². The van der Waals surface area contributed by atoms with Crippen molar-refractivity contribution in [2.24, 2.45) is 9.98 Å². The summed E-state index contributed by atoms with van der Waals surface area (Å²) in [6, 6.07) is 20.7. The van der Waals surface area contributed by atoms with Gasteiger partial charge in [0.15, 0.2) is 0 Å². The molecule has 228 valence electrons. The molecule has 1 saturated carbocycles. The number of anilines is 1. The molecule has 8 nitrogen and oxygen atoms in total. The molecule has 1 saturated heterocycles. The lowest BCUT2D eigenvalue weighted by molar-refractivity contribution is 0.118. The summed E-state index contributed by atoms with van der Waals surface area (Å²) in [5, 5.41) is 17.0. The number of allylic oxidation sites excluding steroid dienone is 1. The molecular weight excluding hydrogens is 546 g/mol. The van der Waals surface area contributed by atoms with E-state index in [2.05, 4.69) is 87.2 Å². The summed E-state index contributed by atoms with van der Waals surface area (Å²) < 4.78 is 0. The van der Waals surface area contributed by atoms with Gasteiger partial charge in [0.1, 0.15) is 5.82 Å². The van der Waals surface area contributed by atoms with Gasteiger partial charge in [0, 0.05) is 68.0 Å². The van der Waals surface area contributed by atoms with Crippen molar-refractivity contribution >= 4 is 23.9 Å². The molecular formula is C36H43N7O. The Kier molecular flexibility index (Phi) is 10.9. The number of rotatable bonds is 7. The van der Waals surface area contributed by atoms with Gasteiger partial charge in [-0.2, -0.15) is 4.99 Å². The van der Waals surface area contributed by atoms with Crippen molar-refractivity contribution < 1.29 is 5.11 Å². The second-order valence-electron chi connectivity index (χ2n) is 11.7. The van der Waals surface area contributed by atoms with Crippen LogP contribution in [0, 0.1) is 11.8 Å². The zero-order chi connectivity index (χ0) is 30.7. The van der Waals surface area contributed by atoms with E-state index in [9.17, 15) is 5.11 Å². The highest BCUT2D eigenvalue weighted by molar-refractivity contribution is 5.97. The van der Waals surface area contributed by atoms with Gasteiger partial charge in [-0.15, -0.1) is 0 Å². The Morgan fingerprint density at radius 2 is 1.66 bits per heavy atom. The second kappa shape index (κ2) is 15.4. The first kappa shape index (κ1) is 31.1. The number of nitrogens with one attached hydrogen (secondary N) is 2. The number of aliphatic hydroxyl groups excluding tert-OH is 1. The van der Waals surface area contributed by atoms with Gasteiger partial charge in [-0.1, -0.05) is 36.1 Å². The molecule has 44 heavy (non-hydrogen) atoms. The van der Waals surface area contributed by atoms with Gasteiger partial charge in [0.05, 0.1) is 6.10 Å². The minimum atomic E-state index is -0.220. The molecule has 0 unspecified atom stereocenters. The summed E-state index contributed by atoms with van der Waals surface area (Å²) in [5.74, 6) is 7.47. The van der Waals surface area contributed by atoms with E-state index in [0.29, 0.717) is 5.96 Å².